The largest absolute Gasteiger partial charge is 0.365 e. The van der Waals surface area contributed by atoms with Crippen molar-refractivity contribution in [3.8, 4) is 0 Å². The predicted molar refractivity (Wildman–Crippen MR) is 83.2 cm³/mol. The van der Waals surface area contributed by atoms with Gasteiger partial charge < -0.3 is 9.88 Å². The summed E-state index contributed by atoms with van der Waals surface area (Å²) in [5.74, 6) is 0.781. The van der Waals surface area contributed by atoms with Gasteiger partial charge in [-0.2, -0.15) is 9.97 Å². The minimum absolute atomic E-state index is 0.238. The summed E-state index contributed by atoms with van der Waals surface area (Å²) in [6.45, 7) is 4.41. The van der Waals surface area contributed by atoms with Gasteiger partial charge in [-0.1, -0.05) is 33.1 Å². The first kappa shape index (κ1) is 15.0. The van der Waals surface area contributed by atoms with Gasteiger partial charge in [0.2, 0.25) is 5.28 Å². The normalized spacial score (nSPS) is 12.8. The average molecular weight is 296 g/mol. The number of halogens is 1. The van der Waals surface area contributed by atoms with Gasteiger partial charge in [-0.3, -0.25) is 0 Å². The van der Waals surface area contributed by atoms with Gasteiger partial charge in [-0.15, -0.1) is 0 Å². The molecule has 0 saturated heterocycles. The van der Waals surface area contributed by atoms with Crippen LogP contribution in [0.5, 0.6) is 0 Å². The van der Waals surface area contributed by atoms with Gasteiger partial charge in [-0.25, -0.2) is 4.98 Å². The second-order valence-electron chi connectivity index (χ2n) is 5.11. The summed E-state index contributed by atoms with van der Waals surface area (Å²) in [7, 11) is 1.94. The van der Waals surface area contributed by atoms with Crippen molar-refractivity contribution in [2.24, 2.45) is 7.05 Å². The number of fused-ring (bicyclic) bond motifs is 1. The molecule has 110 valence electrons. The monoisotopic (exact) mass is 295 g/mol. The number of aryl methyl sites for hydroxylation is 1. The van der Waals surface area contributed by atoms with E-state index in [2.05, 4.69) is 34.1 Å². The smallest absolute Gasteiger partial charge is 0.226 e. The highest BCUT2D eigenvalue weighted by atomic mass is 35.5. The van der Waals surface area contributed by atoms with Crippen molar-refractivity contribution in [2.45, 2.75) is 52.0 Å². The van der Waals surface area contributed by atoms with E-state index in [4.69, 9.17) is 11.6 Å². The third kappa shape index (κ3) is 3.39. The third-order valence-corrected chi connectivity index (χ3v) is 3.70. The van der Waals surface area contributed by atoms with E-state index in [1.165, 1.54) is 19.3 Å². The fraction of sp³-hybridized carbons (Fsp3) is 0.643. The molecule has 5 nitrogen and oxygen atoms in total. The van der Waals surface area contributed by atoms with Crippen LogP contribution in [-0.4, -0.2) is 25.6 Å². The summed E-state index contributed by atoms with van der Waals surface area (Å²) < 4.78 is 1.92. The van der Waals surface area contributed by atoms with Gasteiger partial charge in [0.15, 0.2) is 11.5 Å². The number of imidazole rings is 1. The standard InChI is InChI=1S/C14H22ClN5/c1-4-6-7-8-10(5-2)17-13-11-12(16-9-20(11)3)18-14(15)19-13/h9-10H,4-8H2,1-3H3,(H,17,18,19). The second-order valence-corrected chi connectivity index (χ2v) is 5.45. The van der Waals surface area contributed by atoms with Crippen LogP contribution in [0.3, 0.4) is 0 Å². The number of hydrogen-bond acceptors (Lipinski definition) is 4. The van der Waals surface area contributed by atoms with Crippen LogP contribution < -0.4 is 5.32 Å². The van der Waals surface area contributed by atoms with E-state index >= 15 is 0 Å². The molecule has 0 amide bonds. The molecular formula is C14H22ClN5. The van der Waals surface area contributed by atoms with E-state index in [0.29, 0.717) is 11.7 Å². The Kier molecular flexibility index (Phi) is 5.17. The van der Waals surface area contributed by atoms with Crippen molar-refractivity contribution in [1.82, 2.24) is 19.5 Å². The highest BCUT2D eigenvalue weighted by Gasteiger charge is 2.14. The molecule has 2 heterocycles. The first-order valence-electron chi connectivity index (χ1n) is 7.26. The lowest BCUT2D eigenvalue weighted by atomic mass is 10.1. The Balaban J connectivity index is 2.20. The van der Waals surface area contributed by atoms with E-state index in [0.717, 1.165) is 24.2 Å². The summed E-state index contributed by atoms with van der Waals surface area (Å²) in [5.41, 5.74) is 1.54. The molecular weight excluding hydrogens is 274 g/mol. The fourth-order valence-electron chi connectivity index (χ4n) is 2.34. The molecule has 0 aromatic carbocycles. The van der Waals surface area contributed by atoms with Crippen molar-refractivity contribution in [3.63, 3.8) is 0 Å². The summed E-state index contributed by atoms with van der Waals surface area (Å²) in [4.78, 5) is 12.7. The molecule has 2 aromatic rings. The Morgan fingerprint density at radius 3 is 2.80 bits per heavy atom. The van der Waals surface area contributed by atoms with E-state index in [1.54, 1.807) is 6.33 Å². The SMILES string of the molecule is CCCCCC(CC)Nc1nc(Cl)nc2ncn(C)c12. The van der Waals surface area contributed by atoms with Crippen LogP contribution in [0.15, 0.2) is 6.33 Å². The van der Waals surface area contributed by atoms with E-state index in [1.807, 2.05) is 11.6 Å². The average Bonchev–Trinajstić information content (AvgIpc) is 2.79. The van der Waals surface area contributed by atoms with Crippen LogP contribution in [-0.2, 0) is 7.05 Å². The molecule has 2 aromatic heterocycles. The molecule has 0 aliphatic heterocycles. The number of hydrogen-bond donors (Lipinski definition) is 1. The Morgan fingerprint density at radius 2 is 2.10 bits per heavy atom. The maximum absolute atomic E-state index is 5.98. The molecule has 0 fully saturated rings. The molecule has 0 aliphatic carbocycles. The van der Waals surface area contributed by atoms with Crippen molar-refractivity contribution in [1.29, 1.82) is 0 Å². The third-order valence-electron chi connectivity index (χ3n) is 3.53. The van der Waals surface area contributed by atoms with Crippen molar-refractivity contribution in [2.75, 3.05) is 5.32 Å². The topological polar surface area (TPSA) is 55.6 Å². The summed E-state index contributed by atoms with van der Waals surface area (Å²) in [6, 6.07) is 0.408. The number of nitrogens with zero attached hydrogens (tertiary/aromatic N) is 4. The van der Waals surface area contributed by atoms with Crippen molar-refractivity contribution < 1.29 is 0 Å². The fourth-order valence-corrected chi connectivity index (χ4v) is 2.51. The number of nitrogens with one attached hydrogen (secondary N) is 1. The molecule has 0 bridgehead atoms. The quantitative estimate of drug-likeness (QED) is 0.624. The first-order chi connectivity index (χ1) is 9.65. The molecule has 0 aliphatic rings. The lowest BCUT2D eigenvalue weighted by Gasteiger charge is -2.18. The lowest BCUT2D eigenvalue weighted by Crippen LogP contribution is -2.20. The van der Waals surface area contributed by atoms with Crippen LogP contribution in [0.4, 0.5) is 5.82 Å². The molecule has 6 heteroatoms. The van der Waals surface area contributed by atoms with Gasteiger partial charge in [0, 0.05) is 13.1 Å². The maximum Gasteiger partial charge on any atom is 0.226 e. The van der Waals surface area contributed by atoms with Crippen LogP contribution in [0.1, 0.15) is 46.0 Å². The summed E-state index contributed by atoms with van der Waals surface area (Å²) in [6.07, 6.45) is 7.68. The highest BCUT2D eigenvalue weighted by molar-refractivity contribution is 6.28. The number of aromatic nitrogens is 4. The Hall–Kier alpha value is -1.36. The maximum atomic E-state index is 5.98. The van der Waals surface area contributed by atoms with Crippen LogP contribution in [0, 0.1) is 0 Å². The zero-order valence-corrected chi connectivity index (χ0v) is 13.1. The number of rotatable bonds is 7. The van der Waals surface area contributed by atoms with E-state index in [-0.39, 0.29) is 5.28 Å². The van der Waals surface area contributed by atoms with Crippen molar-refractivity contribution >= 4 is 28.6 Å². The zero-order valence-electron chi connectivity index (χ0n) is 12.4. The van der Waals surface area contributed by atoms with Gasteiger partial charge >= 0.3 is 0 Å². The van der Waals surface area contributed by atoms with E-state index < -0.39 is 0 Å². The molecule has 0 saturated carbocycles. The molecule has 0 radical (unpaired) electrons. The molecule has 0 spiro atoms. The molecule has 1 N–H and O–H groups in total. The molecule has 1 unspecified atom stereocenters. The summed E-state index contributed by atoms with van der Waals surface area (Å²) >= 11 is 5.98. The predicted octanol–water partition coefficient (Wildman–Crippen LogP) is 3.79. The number of unbranched alkanes of at least 4 members (excludes halogenated alkanes) is 2. The molecule has 20 heavy (non-hydrogen) atoms. The Labute approximate surface area is 124 Å². The minimum atomic E-state index is 0.238. The Morgan fingerprint density at radius 1 is 1.30 bits per heavy atom. The van der Waals surface area contributed by atoms with Crippen LogP contribution >= 0.6 is 11.6 Å². The van der Waals surface area contributed by atoms with Crippen molar-refractivity contribution in [3.05, 3.63) is 11.6 Å². The van der Waals surface area contributed by atoms with Gasteiger partial charge in [-0.05, 0) is 24.4 Å². The van der Waals surface area contributed by atoms with Gasteiger partial charge in [0.25, 0.3) is 0 Å². The second kappa shape index (κ2) is 6.88. The van der Waals surface area contributed by atoms with Crippen LogP contribution in [0.2, 0.25) is 5.28 Å². The Bertz CT molecular complexity index is 566. The zero-order chi connectivity index (χ0) is 14.5. The lowest BCUT2D eigenvalue weighted by molar-refractivity contribution is 0.573. The molecule has 1 atom stereocenters. The summed E-state index contributed by atoms with van der Waals surface area (Å²) in [5, 5.41) is 3.74. The van der Waals surface area contributed by atoms with Gasteiger partial charge in [0.1, 0.15) is 5.52 Å². The minimum Gasteiger partial charge on any atom is -0.365 e. The van der Waals surface area contributed by atoms with E-state index in [9.17, 15) is 0 Å². The number of anilines is 1. The van der Waals surface area contributed by atoms with Gasteiger partial charge in [0.05, 0.1) is 6.33 Å². The van der Waals surface area contributed by atoms with Crippen LogP contribution in [0.25, 0.3) is 11.2 Å². The first-order valence-corrected chi connectivity index (χ1v) is 7.64. The highest BCUT2D eigenvalue weighted by Crippen LogP contribution is 2.22. The molecule has 2 rings (SSSR count).